The molecule has 106 valence electrons. The fourth-order valence-electron chi connectivity index (χ4n) is 2.55. The number of fused-ring (bicyclic) bond motifs is 1. The van der Waals surface area contributed by atoms with Crippen LogP contribution in [0.25, 0.3) is 11.0 Å². The van der Waals surface area contributed by atoms with Gasteiger partial charge >= 0.3 is 5.97 Å². The third-order valence-corrected chi connectivity index (χ3v) is 4.11. The van der Waals surface area contributed by atoms with Gasteiger partial charge in [-0.3, -0.25) is 0 Å². The molecule has 1 aromatic heterocycles. The summed E-state index contributed by atoms with van der Waals surface area (Å²) in [5.41, 5.74) is 1.91. The summed E-state index contributed by atoms with van der Waals surface area (Å²) in [4.78, 5) is 13.5. The highest BCUT2D eigenvalue weighted by Crippen LogP contribution is 2.32. The zero-order valence-corrected chi connectivity index (χ0v) is 12.8. The monoisotopic (exact) mass is 337 g/mol. The molecule has 1 aromatic carbocycles. The van der Waals surface area contributed by atoms with Crippen molar-refractivity contribution >= 4 is 32.9 Å². The van der Waals surface area contributed by atoms with Gasteiger partial charge in [0.1, 0.15) is 17.4 Å². The van der Waals surface area contributed by atoms with E-state index in [1.54, 1.807) is 6.07 Å². The Morgan fingerprint density at radius 3 is 2.90 bits per heavy atom. The van der Waals surface area contributed by atoms with Gasteiger partial charge in [0.2, 0.25) is 0 Å². The molecule has 1 aliphatic carbocycles. The van der Waals surface area contributed by atoms with Crippen molar-refractivity contribution in [3.05, 3.63) is 34.0 Å². The number of carboxylic acid groups (broad SMARTS) is 1. The number of hydrogen-bond acceptors (Lipinski definition) is 3. The van der Waals surface area contributed by atoms with Gasteiger partial charge in [-0.15, -0.1) is 0 Å². The van der Waals surface area contributed by atoms with Crippen molar-refractivity contribution in [1.82, 2.24) is 4.90 Å². The minimum absolute atomic E-state index is 0.215. The molecule has 3 rings (SSSR count). The predicted octanol–water partition coefficient (Wildman–Crippen LogP) is 3.74. The van der Waals surface area contributed by atoms with E-state index >= 15 is 0 Å². The van der Waals surface area contributed by atoms with Crippen LogP contribution in [0.3, 0.4) is 0 Å². The molecule has 0 aliphatic heterocycles. The summed E-state index contributed by atoms with van der Waals surface area (Å²) in [5, 5.41) is 9.83. The molecule has 0 saturated heterocycles. The van der Waals surface area contributed by atoms with Gasteiger partial charge in [-0.25, -0.2) is 4.79 Å². The molecule has 0 radical (unpaired) electrons. The molecule has 20 heavy (non-hydrogen) atoms. The summed E-state index contributed by atoms with van der Waals surface area (Å²) in [6.07, 6.45) is 3.97. The van der Waals surface area contributed by atoms with Crippen LogP contribution in [0, 0.1) is 5.92 Å². The van der Waals surface area contributed by atoms with Crippen LogP contribution in [0.15, 0.2) is 27.3 Å². The van der Waals surface area contributed by atoms with Crippen molar-refractivity contribution in [2.75, 3.05) is 13.6 Å². The standard InChI is InChI=1S/C15H16BrNO3/c1-17(6-9-2-3-9)7-10-4-11(16)5-12-13(15(18)19)8-20-14(10)12/h4-5,8-9H,2-3,6-7H2,1H3,(H,18,19). The van der Waals surface area contributed by atoms with Gasteiger partial charge in [-0.2, -0.15) is 0 Å². The van der Waals surface area contributed by atoms with Gasteiger partial charge in [0.05, 0.1) is 0 Å². The Kier molecular flexibility index (Phi) is 3.56. The molecule has 0 atom stereocenters. The second-order valence-electron chi connectivity index (χ2n) is 5.54. The number of benzene rings is 1. The molecular weight excluding hydrogens is 322 g/mol. The van der Waals surface area contributed by atoms with E-state index in [-0.39, 0.29) is 5.56 Å². The molecule has 4 nitrogen and oxygen atoms in total. The largest absolute Gasteiger partial charge is 0.478 e. The van der Waals surface area contributed by atoms with Gasteiger partial charge < -0.3 is 14.4 Å². The Morgan fingerprint density at radius 1 is 1.50 bits per heavy atom. The molecule has 0 spiro atoms. The van der Waals surface area contributed by atoms with E-state index in [9.17, 15) is 9.90 Å². The third kappa shape index (κ3) is 2.74. The summed E-state index contributed by atoms with van der Waals surface area (Å²) >= 11 is 3.45. The van der Waals surface area contributed by atoms with Gasteiger partial charge in [0.25, 0.3) is 0 Å². The smallest absolute Gasteiger partial charge is 0.339 e. The molecule has 2 aromatic rings. The normalized spacial score (nSPS) is 15.2. The molecule has 0 unspecified atom stereocenters. The van der Waals surface area contributed by atoms with Gasteiger partial charge in [-0.1, -0.05) is 15.9 Å². The van der Waals surface area contributed by atoms with Crippen molar-refractivity contribution in [2.45, 2.75) is 19.4 Å². The first-order chi connectivity index (χ1) is 9.54. The lowest BCUT2D eigenvalue weighted by Gasteiger charge is -2.16. The first-order valence-corrected chi connectivity index (χ1v) is 7.45. The van der Waals surface area contributed by atoms with Crippen molar-refractivity contribution < 1.29 is 14.3 Å². The minimum atomic E-state index is -0.959. The summed E-state index contributed by atoms with van der Waals surface area (Å²) in [6, 6.07) is 3.80. The Morgan fingerprint density at radius 2 is 2.25 bits per heavy atom. The Labute approximate surface area is 125 Å². The zero-order valence-electron chi connectivity index (χ0n) is 11.2. The average molecular weight is 338 g/mol. The molecule has 0 bridgehead atoms. The van der Waals surface area contributed by atoms with Crippen LogP contribution in [0.2, 0.25) is 0 Å². The third-order valence-electron chi connectivity index (χ3n) is 3.65. The van der Waals surface area contributed by atoms with Crippen LogP contribution >= 0.6 is 15.9 Å². The van der Waals surface area contributed by atoms with Crippen molar-refractivity contribution in [2.24, 2.45) is 5.92 Å². The number of rotatable bonds is 5. The average Bonchev–Trinajstić information content (AvgIpc) is 3.05. The molecular formula is C15H16BrNO3. The lowest BCUT2D eigenvalue weighted by Crippen LogP contribution is -2.20. The van der Waals surface area contributed by atoms with Crippen LogP contribution in [0.4, 0.5) is 0 Å². The summed E-state index contributed by atoms with van der Waals surface area (Å²) in [5.74, 6) is -0.132. The maximum Gasteiger partial charge on any atom is 0.339 e. The van der Waals surface area contributed by atoms with E-state index in [1.807, 2.05) is 6.07 Å². The highest BCUT2D eigenvalue weighted by atomic mass is 79.9. The highest BCUT2D eigenvalue weighted by Gasteiger charge is 2.23. The predicted molar refractivity (Wildman–Crippen MR) is 79.9 cm³/mol. The second kappa shape index (κ2) is 5.22. The number of halogens is 1. The number of hydrogen-bond donors (Lipinski definition) is 1. The SMILES string of the molecule is CN(Cc1cc(Br)cc2c(C(=O)O)coc12)CC1CC1. The van der Waals surface area contributed by atoms with Crippen LogP contribution < -0.4 is 0 Å². The van der Waals surface area contributed by atoms with E-state index in [1.165, 1.54) is 19.1 Å². The minimum Gasteiger partial charge on any atom is -0.478 e. The van der Waals surface area contributed by atoms with Crippen molar-refractivity contribution in [3.8, 4) is 0 Å². The zero-order chi connectivity index (χ0) is 14.3. The second-order valence-corrected chi connectivity index (χ2v) is 6.45. The van der Waals surface area contributed by atoms with E-state index < -0.39 is 5.97 Å². The van der Waals surface area contributed by atoms with Crippen molar-refractivity contribution in [3.63, 3.8) is 0 Å². The molecule has 0 amide bonds. The number of carboxylic acids is 1. The lowest BCUT2D eigenvalue weighted by atomic mass is 10.1. The molecule has 1 fully saturated rings. The van der Waals surface area contributed by atoms with Crippen LogP contribution in [0.1, 0.15) is 28.8 Å². The van der Waals surface area contributed by atoms with E-state index in [0.717, 1.165) is 29.0 Å². The summed E-state index contributed by atoms with van der Waals surface area (Å²) in [7, 11) is 2.09. The van der Waals surface area contributed by atoms with E-state index in [2.05, 4.69) is 27.9 Å². The van der Waals surface area contributed by atoms with E-state index in [0.29, 0.717) is 11.0 Å². The van der Waals surface area contributed by atoms with E-state index in [4.69, 9.17) is 4.42 Å². The molecule has 5 heteroatoms. The van der Waals surface area contributed by atoms with Gasteiger partial charge in [-0.05, 0) is 37.9 Å². The summed E-state index contributed by atoms with van der Waals surface area (Å²) < 4.78 is 6.37. The molecule has 1 N–H and O–H groups in total. The van der Waals surface area contributed by atoms with Crippen molar-refractivity contribution in [1.29, 1.82) is 0 Å². The first kappa shape index (κ1) is 13.6. The quantitative estimate of drug-likeness (QED) is 0.902. The summed E-state index contributed by atoms with van der Waals surface area (Å²) in [6.45, 7) is 1.85. The Bertz CT molecular complexity index is 660. The fraction of sp³-hybridized carbons (Fsp3) is 0.400. The number of aromatic carboxylic acids is 1. The highest BCUT2D eigenvalue weighted by molar-refractivity contribution is 9.10. The molecule has 1 aliphatic rings. The number of furan rings is 1. The first-order valence-electron chi connectivity index (χ1n) is 6.66. The Balaban J connectivity index is 1.94. The number of carbonyl (C=O) groups is 1. The fourth-order valence-corrected chi connectivity index (χ4v) is 3.06. The van der Waals surface area contributed by atoms with Crippen LogP contribution in [-0.2, 0) is 6.54 Å². The Hall–Kier alpha value is -1.33. The maximum atomic E-state index is 11.2. The maximum absolute atomic E-state index is 11.2. The molecule has 1 saturated carbocycles. The number of nitrogens with zero attached hydrogens (tertiary/aromatic N) is 1. The van der Waals surface area contributed by atoms with Crippen LogP contribution in [0.5, 0.6) is 0 Å². The van der Waals surface area contributed by atoms with Gasteiger partial charge in [0, 0.05) is 28.5 Å². The molecule has 1 heterocycles. The van der Waals surface area contributed by atoms with Gasteiger partial charge in [0.15, 0.2) is 0 Å². The van der Waals surface area contributed by atoms with Crippen LogP contribution in [-0.4, -0.2) is 29.6 Å². The topological polar surface area (TPSA) is 53.7 Å². The lowest BCUT2D eigenvalue weighted by molar-refractivity contribution is 0.0698.